The molecule has 0 bridgehead atoms. The van der Waals surface area contributed by atoms with Crippen molar-refractivity contribution in [1.82, 2.24) is 0 Å². The number of allylic oxidation sites excluding steroid dienone is 1. The van der Waals surface area contributed by atoms with Crippen LogP contribution < -0.4 is 10.4 Å². The SMILES string of the molecule is CC(C)[C@@H]1CC(=O)O[C@H]([C@@H](C)C2=CC(=O)[C@@H]3[C@@H]4CC[C@H]5C[C@@H](O[Si](c6ccccc6)(c6ccccc6)C(C)(C)C)CC[C@]5(C)[C@H]4CC[C@]23C)C1. The quantitative estimate of drug-likeness (QED) is 0.214. The third-order valence-electron chi connectivity index (χ3n) is 15.0. The number of benzene rings is 2. The van der Waals surface area contributed by atoms with E-state index in [0.717, 1.165) is 32.1 Å². The first-order valence-electron chi connectivity index (χ1n) is 19.9. The molecule has 4 nitrogen and oxygen atoms in total. The number of ketones is 1. The summed E-state index contributed by atoms with van der Waals surface area (Å²) in [6.45, 7) is 18.8. The first kappa shape index (κ1) is 35.9. The van der Waals surface area contributed by atoms with E-state index in [0.29, 0.717) is 41.8 Å². The van der Waals surface area contributed by atoms with Crippen LogP contribution in [0.3, 0.4) is 0 Å². The molecule has 3 saturated carbocycles. The molecule has 270 valence electrons. The monoisotopic (exact) mass is 694 g/mol. The Morgan fingerprint density at radius 3 is 2.08 bits per heavy atom. The van der Waals surface area contributed by atoms with Gasteiger partial charge < -0.3 is 9.16 Å². The summed E-state index contributed by atoms with van der Waals surface area (Å²) in [6.07, 6.45) is 11.5. The van der Waals surface area contributed by atoms with Crippen molar-refractivity contribution in [2.24, 2.45) is 52.3 Å². The zero-order valence-corrected chi connectivity index (χ0v) is 33.0. The second kappa shape index (κ2) is 13.2. The number of ether oxygens (including phenoxy) is 1. The molecule has 50 heavy (non-hydrogen) atoms. The smallest absolute Gasteiger partial charge is 0.306 e. The minimum atomic E-state index is -2.62. The van der Waals surface area contributed by atoms with Crippen molar-refractivity contribution in [3.8, 4) is 0 Å². The minimum Gasteiger partial charge on any atom is -0.462 e. The summed E-state index contributed by atoms with van der Waals surface area (Å²) in [6, 6.07) is 22.2. The highest BCUT2D eigenvalue weighted by Gasteiger charge is 2.62. The lowest BCUT2D eigenvalue weighted by atomic mass is 9.44. The second-order valence-corrected chi connectivity index (χ2v) is 23.2. The number of cyclic esters (lactones) is 1. The van der Waals surface area contributed by atoms with E-state index in [9.17, 15) is 9.59 Å². The lowest BCUT2D eigenvalue weighted by molar-refractivity contribution is -0.161. The highest BCUT2D eigenvalue weighted by Crippen LogP contribution is 2.67. The van der Waals surface area contributed by atoms with Gasteiger partial charge in [-0.15, -0.1) is 0 Å². The Hall–Kier alpha value is -2.50. The van der Waals surface area contributed by atoms with Crippen LogP contribution in [0.15, 0.2) is 72.3 Å². The zero-order chi connectivity index (χ0) is 35.6. The molecule has 2 aromatic rings. The summed E-state index contributed by atoms with van der Waals surface area (Å²) in [5.41, 5.74) is 1.36. The maximum atomic E-state index is 14.1. The molecule has 2 aromatic carbocycles. The zero-order valence-electron chi connectivity index (χ0n) is 32.0. The third-order valence-corrected chi connectivity index (χ3v) is 20.1. The van der Waals surface area contributed by atoms with E-state index in [-0.39, 0.29) is 45.9 Å². The maximum Gasteiger partial charge on any atom is 0.306 e. The van der Waals surface area contributed by atoms with Crippen LogP contribution in [0.25, 0.3) is 0 Å². The van der Waals surface area contributed by atoms with E-state index in [1.165, 1.54) is 35.2 Å². The van der Waals surface area contributed by atoms with Crippen LogP contribution in [0, 0.1) is 52.3 Å². The summed E-state index contributed by atoms with van der Waals surface area (Å²) < 4.78 is 13.7. The van der Waals surface area contributed by atoms with Gasteiger partial charge in [0.15, 0.2) is 5.78 Å². The molecule has 0 radical (unpaired) electrons. The number of fused-ring (bicyclic) bond motifs is 5. The lowest BCUT2D eigenvalue weighted by Gasteiger charge is -2.61. The summed E-state index contributed by atoms with van der Waals surface area (Å²) >= 11 is 0. The van der Waals surface area contributed by atoms with E-state index in [2.05, 4.69) is 116 Å². The van der Waals surface area contributed by atoms with Gasteiger partial charge in [0, 0.05) is 24.4 Å². The number of carbonyl (C=O) groups excluding carboxylic acids is 2. The largest absolute Gasteiger partial charge is 0.462 e. The van der Waals surface area contributed by atoms with Gasteiger partial charge in [-0.25, -0.2) is 0 Å². The summed E-state index contributed by atoms with van der Waals surface area (Å²) in [5, 5.41) is 2.70. The van der Waals surface area contributed by atoms with Crippen molar-refractivity contribution in [1.29, 1.82) is 0 Å². The van der Waals surface area contributed by atoms with Crippen LogP contribution in [0.1, 0.15) is 113 Å². The van der Waals surface area contributed by atoms with Crippen molar-refractivity contribution < 1.29 is 18.8 Å². The van der Waals surface area contributed by atoms with Crippen molar-refractivity contribution >= 4 is 30.4 Å². The molecule has 1 saturated heterocycles. The van der Waals surface area contributed by atoms with Crippen LogP contribution in [-0.4, -0.2) is 32.3 Å². The van der Waals surface area contributed by atoms with E-state index in [1.54, 1.807) is 0 Å². The molecule has 5 heteroatoms. The van der Waals surface area contributed by atoms with Gasteiger partial charge in [-0.05, 0) is 113 Å². The molecule has 10 atom stereocenters. The van der Waals surface area contributed by atoms with Gasteiger partial charge in [-0.2, -0.15) is 0 Å². The van der Waals surface area contributed by atoms with Gasteiger partial charge >= 0.3 is 5.97 Å². The number of carbonyl (C=O) groups is 2. The Kier molecular flexibility index (Phi) is 9.45. The fraction of sp³-hybridized carbons (Fsp3) is 0.644. The topological polar surface area (TPSA) is 52.6 Å². The Balaban J connectivity index is 1.11. The van der Waals surface area contributed by atoms with Crippen molar-refractivity contribution in [2.75, 3.05) is 0 Å². The van der Waals surface area contributed by atoms with Crippen molar-refractivity contribution in [2.45, 2.75) is 130 Å². The molecule has 5 aliphatic rings. The van der Waals surface area contributed by atoms with E-state index >= 15 is 0 Å². The molecule has 7 rings (SSSR count). The Morgan fingerprint density at radius 2 is 1.48 bits per heavy atom. The van der Waals surface area contributed by atoms with Crippen molar-refractivity contribution in [3.63, 3.8) is 0 Å². The van der Waals surface area contributed by atoms with Crippen LogP contribution in [-0.2, 0) is 18.8 Å². The average Bonchev–Trinajstić information content (AvgIpc) is 3.36. The van der Waals surface area contributed by atoms with Crippen LogP contribution >= 0.6 is 0 Å². The average molecular weight is 695 g/mol. The predicted molar refractivity (Wildman–Crippen MR) is 205 cm³/mol. The molecule has 4 fully saturated rings. The summed E-state index contributed by atoms with van der Waals surface area (Å²) in [5.74, 6) is 2.83. The highest BCUT2D eigenvalue weighted by molar-refractivity contribution is 6.99. The van der Waals surface area contributed by atoms with Crippen LogP contribution in [0.4, 0.5) is 0 Å². The predicted octanol–water partition coefficient (Wildman–Crippen LogP) is 9.30. The number of hydrogen-bond acceptors (Lipinski definition) is 4. The van der Waals surface area contributed by atoms with Crippen LogP contribution in [0.5, 0.6) is 0 Å². The molecule has 0 spiro atoms. The second-order valence-electron chi connectivity index (χ2n) is 18.9. The molecular weight excluding hydrogens is 633 g/mol. The number of hydrogen-bond donors (Lipinski definition) is 0. The maximum absolute atomic E-state index is 14.1. The van der Waals surface area contributed by atoms with Gasteiger partial charge in [-0.1, -0.05) is 122 Å². The molecule has 4 aliphatic carbocycles. The Labute approximate surface area is 303 Å². The molecule has 1 aliphatic heterocycles. The standard InChI is InChI=1S/C45H62O4Si/c1-29(2)31-25-40(48-41(47)26-31)30(3)38-28-39(46)42-36-20-19-32-27-33(21-23-44(32,7)37(36)22-24-45(38,42)8)49-50(43(4,5)6,34-15-11-9-12-16-34)35-17-13-10-14-18-35/h9-18,28-33,36-37,40,42H,19-27H2,1-8H3/t30-,31-,32-,33-,36+,37-,40-,42-,44-,45+/m0/s1. The molecular formula is C45H62O4Si. The molecule has 1 heterocycles. The van der Waals surface area contributed by atoms with E-state index in [1.807, 2.05) is 6.08 Å². The van der Waals surface area contributed by atoms with E-state index < -0.39 is 8.32 Å². The van der Waals surface area contributed by atoms with Gasteiger partial charge in [0.2, 0.25) is 0 Å². The highest BCUT2D eigenvalue weighted by atomic mass is 28.4. The van der Waals surface area contributed by atoms with Crippen molar-refractivity contribution in [3.05, 3.63) is 72.3 Å². The number of rotatable bonds is 7. The molecule has 0 amide bonds. The summed E-state index contributed by atoms with van der Waals surface area (Å²) in [7, 11) is -2.62. The fourth-order valence-electron chi connectivity index (χ4n) is 12.3. The Bertz CT molecular complexity index is 1550. The molecule has 0 unspecified atom stereocenters. The Morgan fingerprint density at radius 1 is 0.840 bits per heavy atom. The first-order valence-corrected chi connectivity index (χ1v) is 21.8. The molecule has 0 aromatic heterocycles. The normalized spacial score (nSPS) is 36.6. The van der Waals surface area contributed by atoms with Crippen LogP contribution in [0.2, 0.25) is 5.04 Å². The van der Waals surface area contributed by atoms with E-state index in [4.69, 9.17) is 9.16 Å². The van der Waals surface area contributed by atoms with Gasteiger partial charge in [0.05, 0.1) is 0 Å². The summed E-state index contributed by atoms with van der Waals surface area (Å²) in [4.78, 5) is 26.8. The van der Waals surface area contributed by atoms with Gasteiger partial charge in [-0.3, -0.25) is 9.59 Å². The van der Waals surface area contributed by atoms with Gasteiger partial charge in [0.1, 0.15) is 6.10 Å². The van der Waals surface area contributed by atoms with Gasteiger partial charge in [0.25, 0.3) is 8.32 Å². The lowest BCUT2D eigenvalue weighted by Crippen LogP contribution is -2.68. The fourth-order valence-corrected chi connectivity index (χ4v) is 17.0. The molecule has 0 N–H and O–H groups in total. The minimum absolute atomic E-state index is 0.0295. The number of esters is 1. The first-order chi connectivity index (χ1) is 23.7. The third kappa shape index (κ3) is 5.81.